The lowest BCUT2D eigenvalue weighted by atomic mass is 9.90. The predicted molar refractivity (Wildman–Crippen MR) is 86.5 cm³/mol. The molecule has 4 nitrogen and oxygen atoms in total. The number of alkyl halides is 1. The van der Waals surface area contributed by atoms with Crippen molar-refractivity contribution in [3.63, 3.8) is 0 Å². The van der Waals surface area contributed by atoms with Gasteiger partial charge in [-0.1, -0.05) is 41.8 Å². The first-order valence-corrected chi connectivity index (χ1v) is 8.34. The molecule has 1 aliphatic carbocycles. The molecule has 2 aliphatic rings. The lowest BCUT2D eigenvalue weighted by molar-refractivity contribution is -0.123. The molecule has 3 rings (SSSR count). The maximum atomic E-state index is 11.7. The van der Waals surface area contributed by atoms with Crippen LogP contribution in [0.25, 0.3) is 0 Å². The molecule has 0 saturated heterocycles. The van der Waals surface area contributed by atoms with E-state index in [1.807, 2.05) is 18.2 Å². The number of amides is 2. The molecule has 112 valence electrons. The Balaban J connectivity index is 1.88. The normalized spacial score (nSPS) is 26.6. The molecule has 1 saturated carbocycles. The lowest BCUT2D eigenvalue weighted by Crippen LogP contribution is -2.16. The molecule has 2 N–H and O–H groups in total. The molecular weight excluding hydrogens is 332 g/mol. The van der Waals surface area contributed by atoms with Crippen LogP contribution in [0.15, 0.2) is 18.2 Å². The third kappa shape index (κ3) is 2.98. The van der Waals surface area contributed by atoms with Gasteiger partial charge >= 0.3 is 0 Å². The smallest absolute Gasteiger partial charge is 0.233 e. The van der Waals surface area contributed by atoms with Crippen LogP contribution >= 0.6 is 15.9 Å². The van der Waals surface area contributed by atoms with Gasteiger partial charge in [0.05, 0.1) is 11.4 Å². The van der Waals surface area contributed by atoms with Crippen molar-refractivity contribution in [2.24, 2.45) is 11.8 Å². The average molecular weight is 351 g/mol. The molecule has 1 fully saturated rings. The molecule has 1 aromatic carbocycles. The van der Waals surface area contributed by atoms with E-state index in [-0.39, 0.29) is 23.1 Å². The van der Waals surface area contributed by atoms with Gasteiger partial charge in [0.1, 0.15) is 6.42 Å². The molecule has 21 heavy (non-hydrogen) atoms. The number of nitrogens with one attached hydrogen (secondary N) is 2. The third-order valence-electron chi connectivity index (χ3n) is 4.54. The number of halogens is 1. The Morgan fingerprint density at radius 2 is 1.86 bits per heavy atom. The number of carbonyl (C=O) groups excluding carboxylic acids is 2. The van der Waals surface area contributed by atoms with Crippen LogP contribution in [0.5, 0.6) is 0 Å². The van der Waals surface area contributed by atoms with Crippen LogP contribution in [-0.2, 0) is 9.59 Å². The first-order valence-electron chi connectivity index (χ1n) is 7.42. The van der Waals surface area contributed by atoms with Gasteiger partial charge in [-0.15, -0.1) is 0 Å². The number of carbonyl (C=O) groups is 2. The molecule has 0 aromatic heterocycles. The highest BCUT2D eigenvalue weighted by Crippen LogP contribution is 2.45. The molecule has 0 spiro atoms. The van der Waals surface area contributed by atoms with Gasteiger partial charge in [-0.25, -0.2) is 0 Å². The van der Waals surface area contributed by atoms with E-state index in [0.29, 0.717) is 23.2 Å². The Bertz CT molecular complexity index is 588. The summed E-state index contributed by atoms with van der Waals surface area (Å²) in [6.07, 6.45) is 3.68. The summed E-state index contributed by atoms with van der Waals surface area (Å²) in [6.45, 7) is 2.30. The lowest BCUT2D eigenvalue weighted by Gasteiger charge is -2.23. The van der Waals surface area contributed by atoms with Crippen LogP contribution in [0.3, 0.4) is 0 Å². The van der Waals surface area contributed by atoms with Crippen molar-refractivity contribution in [3.05, 3.63) is 23.8 Å². The summed E-state index contributed by atoms with van der Waals surface area (Å²) in [5.74, 6) is 0.809. The topological polar surface area (TPSA) is 58.2 Å². The standard InChI is InChI=1S/C16H19BrN2O2/c1-9-3-2-4-11(9)16(17)10-5-6-12-13(7-10)19-15(21)8-14(20)18-12/h5-7,9,11,16H,2-4,8H2,1H3,(H,18,20)(H,19,21). The fourth-order valence-corrected chi connectivity index (χ4v) is 4.41. The molecule has 5 heteroatoms. The predicted octanol–water partition coefficient (Wildman–Crippen LogP) is 3.84. The Morgan fingerprint density at radius 1 is 1.14 bits per heavy atom. The monoisotopic (exact) mass is 350 g/mol. The zero-order valence-corrected chi connectivity index (χ0v) is 13.6. The van der Waals surface area contributed by atoms with Crippen molar-refractivity contribution in [3.8, 4) is 0 Å². The van der Waals surface area contributed by atoms with Gasteiger partial charge in [-0.2, -0.15) is 0 Å². The third-order valence-corrected chi connectivity index (χ3v) is 5.74. The highest BCUT2D eigenvalue weighted by Gasteiger charge is 2.31. The van der Waals surface area contributed by atoms with E-state index in [4.69, 9.17) is 0 Å². The molecule has 3 atom stereocenters. The number of anilines is 2. The van der Waals surface area contributed by atoms with Gasteiger partial charge in [0.2, 0.25) is 11.8 Å². The first-order chi connectivity index (χ1) is 10.0. The van der Waals surface area contributed by atoms with Gasteiger partial charge < -0.3 is 10.6 Å². The summed E-state index contributed by atoms with van der Waals surface area (Å²) >= 11 is 3.83. The van der Waals surface area contributed by atoms with Crippen molar-refractivity contribution >= 4 is 39.1 Å². The summed E-state index contributed by atoms with van der Waals surface area (Å²) in [4.78, 5) is 23.5. The largest absolute Gasteiger partial charge is 0.324 e. The van der Waals surface area contributed by atoms with E-state index >= 15 is 0 Å². The number of rotatable bonds is 2. The molecular formula is C16H19BrN2O2. The van der Waals surface area contributed by atoms with Crippen LogP contribution in [-0.4, -0.2) is 11.8 Å². The summed E-state index contributed by atoms with van der Waals surface area (Å²) in [5.41, 5.74) is 2.52. The second kappa shape index (κ2) is 5.79. The van der Waals surface area contributed by atoms with Gasteiger partial charge in [-0.05, 0) is 36.0 Å². The van der Waals surface area contributed by atoms with Crippen molar-refractivity contribution in [2.45, 2.75) is 37.4 Å². The van der Waals surface area contributed by atoms with Gasteiger partial charge in [0.25, 0.3) is 0 Å². The van der Waals surface area contributed by atoms with Crippen molar-refractivity contribution < 1.29 is 9.59 Å². The average Bonchev–Trinajstić information content (AvgIpc) is 2.79. The van der Waals surface area contributed by atoms with Crippen molar-refractivity contribution in [1.82, 2.24) is 0 Å². The van der Waals surface area contributed by atoms with Gasteiger partial charge in [-0.3, -0.25) is 9.59 Å². The molecule has 3 unspecified atom stereocenters. The summed E-state index contributed by atoms with van der Waals surface area (Å²) in [5, 5.41) is 5.57. The van der Waals surface area contributed by atoms with Crippen molar-refractivity contribution in [2.75, 3.05) is 10.6 Å². The number of fused-ring (bicyclic) bond motifs is 1. The van der Waals surface area contributed by atoms with Crippen LogP contribution < -0.4 is 10.6 Å². The molecule has 0 bridgehead atoms. The fraction of sp³-hybridized carbons (Fsp3) is 0.500. The summed E-state index contributed by atoms with van der Waals surface area (Å²) in [6, 6.07) is 5.88. The summed E-state index contributed by atoms with van der Waals surface area (Å²) < 4.78 is 0. The van der Waals surface area contributed by atoms with Crippen LogP contribution in [0.2, 0.25) is 0 Å². The minimum absolute atomic E-state index is 0.124. The maximum Gasteiger partial charge on any atom is 0.233 e. The Morgan fingerprint density at radius 3 is 2.52 bits per heavy atom. The SMILES string of the molecule is CC1CCCC1C(Br)c1ccc2c(c1)NC(=O)CC(=O)N2. The second-order valence-corrected chi connectivity index (χ2v) is 7.04. The van der Waals surface area contributed by atoms with E-state index in [1.54, 1.807) is 0 Å². The fourth-order valence-electron chi connectivity index (χ4n) is 3.34. The Kier molecular flexibility index (Phi) is 4.02. The van der Waals surface area contributed by atoms with Crippen LogP contribution in [0.4, 0.5) is 11.4 Å². The highest BCUT2D eigenvalue weighted by atomic mass is 79.9. The molecule has 1 heterocycles. The van der Waals surface area contributed by atoms with Gasteiger partial charge in [0.15, 0.2) is 0 Å². The maximum absolute atomic E-state index is 11.7. The first kappa shape index (κ1) is 14.6. The van der Waals surface area contributed by atoms with E-state index < -0.39 is 0 Å². The number of hydrogen-bond acceptors (Lipinski definition) is 2. The molecule has 2 amide bonds. The zero-order valence-electron chi connectivity index (χ0n) is 12.0. The molecule has 1 aliphatic heterocycles. The minimum Gasteiger partial charge on any atom is -0.324 e. The highest BCUT2D eigenvalue weighted by molar-refractivity contribution is 9.09. The van der Waals surface area contributed by atoms with Crippen LogP contribution in [0, 0.1) is 11.8 Å². The zero-order chi connectivity index (χ0) is 15.0. The van der Waals surface area contributed by atoms with E-state index in [2.05, 4.69) is 33.5 Å². The van der Waals surface area contributed by atoms with E-state index in [9.17, 15) is 9.59 Å². The second-order valence-electron chi connectivity index (χ2n) is 6.05. The van der Waals surface area contributed by atoms with E-state index in [1.165, 1.54) is 19.3 Å². The molecule has 0 radical (unpaired) electrons. The number of hydrogen-bond donors (Lipinski definition) is 2. The number of benzene rings is 1. The summed E-state index contributed by atoms with van der Waals surface area (Å²) in [7, 11) is 0. The quantitative estimate of drug-likeness (QED) is 0.628. The molecule has 1 aromatic rings. The van der Waals surface area contributed by atoms with Gasteiger partial charge in [0, 0.05) is 4.83 Å². The minimum atomic E-state index is -0.265. The Labute approximate surface area is 132 Å². The van der Waals surface area contributed by atoms with Crippen molar-refractivity contribution in [1.29, 1.82) is 0 Å². The van der Waals surface area contributed by atoms with E-state index in [0.717, 1.165) is 5.56 Å². The Hall–Kier alpha value is -1.36. The van der Waals surface area contributed by atoms with Crippen LogP contribution in [0.1, 0.15) is 43.0 Å².